The average molecular weight is 170 g/mol. The zero-order chi connectivity index (χ0) is 8.97. The van der Waals surface area contributed by atoms with Gasteiger partial charge in [0, 0.05) is 13.3 Å². The Labute approximate surface area is 70.3 Å². The van der Waals surface area contributed by atoms with Gasteiger partial charge in [0.1, 0.15) is 0 Å². The third kappa shape index (κ3) is 2.34. The molecule has 1 heterocycles. The molecule has 0 spiro atoms. The van der Waals surface area contributed by atoms with Crippen molar-refractivity contribution in [2.75, 3.05) is 5.32 Å². The van der Waals surface area contributed by atoms with E-state index in [2.05, 4.69) is 10.6 Å². The van der Waals surface area contributed by atoms with E-state index in [4.69, 9.17) is 4.52 Å². The molecular weight excluding hydrogens is 158 g/mol. The molecule has 1 aromatic rings. The van der Waals surface area contributed by atoms with E-state index in [1.807, 2.05) is 6.92 Å². The lowest BCUT2D eigenvalue weighted by Gasteiger charge is -1.87. The third-order valence-corrected chi connectivity index (χ3v) is 1.26. The van der Waals surface area contributed by atoms with Gasteiger partial charge in [-0.25, -0.2) is 0 Å². The highest BCUT2D eigenvalue weighted by Gasteiger charge is 2.10. The lowest BCUT2D eigenvalue weighted by molar-refractivity contribution is -0.762. The van der Waals surface area contributed by atoms with E-state index in [-0.39, 0.29) is 5.91 Å². The van der Waals surface area contributed by atoms with Crippen LogP contribution in [0, 0.1) is 0 Å². The van der Waals surface area contributed by atoms with Gasteiger partial charge in [-0.2, -0.15) is 0 Å². The van der Waals surface area contributed by atoms with E-state index >= 15 is 0 Å². The van der Waals surface area contributed by atoms with Crippen molar-refractivity contribution in [2.24, 2.45) is 0 Å². The summed E-state index contributed by atoms with van der Waals surface area (Å²) in [6, 6.07) is 0. The minimum atomic E-state index is -0.158. The summed E-state index contributed by atoms with van der Waals surface area (Å²) in [5, 5.41) is 6.18. The number of carbonyl (C=O) groups excluding carboxylic acids is 1. The standard InChI is InChI=1S/C7H11N3O2/c1-3-4-10-5-7(12-9-10)8-6(2)11/h5H,3-4H2,1-2H3/p+1. The number of aryl methyl sites for hydroxylation is 1. The summed E-state index contributed by atoms with van der Waals surface area (Å²) in [4.78, 5) is 10.6. The minimum absolute atomic E-state index is 0.158. The number of nitrogens with one attached hydrogen (secondary N) is 1. The van der Waals surface area contributed by atoms with Crippen LogP contribution in [0.2, 0.25) is 0 Å². The Kier molecular flexibility index (Phi) is 2.79. The van der Waals surface area contributed by atoms with Gasteiger partial charge in [-0.15, -0.1) is 0 Å². The first-order valence-electron chi connectivity index (χ1n) is 3.86. The fourth-order valence-electron chi connectivity index (χ4n) is 0.842. The fourth-order valence-corrected chi connectivity index (χ4v) is 0.842. The lowest BCUT2D eigenvalue weighted by atomic mass is 10.5. The third-order valence-electron chi connectivity index (χ3n) is 1.26. The monoisotopic (exact) mass is 170 g/mol. The van der Waals surface area contributed by atoms with Gasteiger partial charge >= 0.3 is 5.88 Å². The second kappa shape index (κ2) is 3.85. The first-order valence-corrected chi connectivity index (χ1v) is 3.86. The van der Waals surface area contributed by atoms with Crippen molar-refractivity contribution < 1.29 is 14.0 Å². The number of hydrogen-bond donors (Lipinski definition) is 1. The van der Waals surface area contributed by atoms with E-state index in [1.54, 1.807) is 10.9 Å². The molecule has 0 saturated heterocycles. The summed E-state index contributed by atoms with van der Waals surface area (Å²) in [5.74, 6) is 0.228. The molecule has 0 saturated carbocycles. The van der Waals surface area contributed by atoms with Crippen LogP contribution >= 0.6 is 0 Å². The van der Waals surface area contributed by atoms with Gasteiger partial charge in [0.05, 0.1) is 0 Å². The number of anilines is 1. The Morgan fingerprint density at radius 1 is 1.83 bits per heavy atom. The lowest BCUT2D eigenvalue weighted by Crippen LogP contribution is -2.34. The molecule has 0 aliphatic heterocycles. The second-order valence-electron chi connectivity index (χ2n) is 2.51. The summed E-state index contributed by atoms with van der Waals surface area (Å²) in [6.07, 6.45) is 2.64. The van der Waals surface area contributed by atoms with E-state index in [1.165, 1.54) is 6.92 Å². The maximum atomic E-state index is 10.6. The average Bonchev–Trinajstić information content (AvgIpc) is 2.36. The first kappa shape index (κ1) is 8.70. The Balaban J connectivity index is 2.58. The number of hydrogen-bond acceptors (Lipinski definition) is 3. The first-order chi connectivity index (χ1) is 5.72. The van der Waals surface area contributed by atoms with Crippen molar-refractivity contribution in [2.45, 2.75) is 26.8 Å². The van der Waals surface area contributed by atoms with E-state index in [0.717, 1.165) is 13.0 Å². The summed E-state index contributed by atoms with van der Waals surface area (Å²) < 4.78 is 6.45. The van der Waals surface area contributed by atoms with Crippen LogP contribution in [0.3, 0.4) is 0 Å². The SMILES string of the molecule is CCC[n+]1cc(NC(C)=O)on1. The smallest absolute Gasteiger partial charge is 0.289 e. The molecule has 0 unspecified atom stereocenters. The predicted octanol–water partition coefficient (Wildman–Crippen LogP) is 0.331. The molecule has 0 aromatic carbocycles. The summed E-state index contributed by atoms with van der Waals surface area (Å²) in [6.45, 7) is 4.26. The van der Waals surface area contributed by atoms with Crippen molar-refractivity contribution >= 4 is 11.8 Å². The maximum absolute atomic E-state index is 10.6. The number of carbonyl (C=O) groups is 1. The quantitative estimate of drug-likeness (QED) is 0.665. The number of amides is 1. The zero-order valence-corrected chi connectivity index (χ0v) is 7.20. The molecule has 1 aromatic heterocycles. The Morgan fingerprint density at radius 3 is 3.17 bits per heavy atom. The van der Waals surface area contributed by atoms with E-state index in [0.29, 0.717) is 5.88 Å². The van der Waals surface area contributed by atoms with Crippen LogP contribution in [0.15, 0.2) is 10.7 Å². The van der Waals surface area contributed by atoms with Crippen LogP contribution in [0.1, 0.15) is 20.3 Å². The Hall–Kier alpha value is -1.39. The van der Waals surface area contributed by atoms with Crippen LogP contribution < -0.4 is 10.00 Å². The van der Waals surface area contributed by atoms with Gasteiger partial charge in [0.2, 0.25) is 11.2 Å². The van der Waals surface area contributed by atoms with Gasteiger partial charge in [-0.3, -0.25) is 14.6 Å². The fraction of sp³-hybridized carbons (Fsp3) is 0.571. The largest absolute Gasteiger partial charge is 0.302 e. The van der Waals surface area contributed by atoms with E-state index < -0.39 is 0 Å². The van der Waals surface area contributed by atoms with Gasteiger partial charge in [0.25, 0.3) is 6.20 Å². The number of aromatic nitrogens is 2. The van der Waals surface area contributed by atoms with Crippen molar-refractivity contribution in [3.63, 3.8) is 0 Å². The zero-order valence-electron chi connectivity index (χ0n) is 7.20. The van der Waals surface area contributed by atoms with Crippen LogP contribution in [0.5, 0.6) is 0 Å². The molecule has 1 rings (SSSR count). The Morgan fingerprint density at radius 2 is 2.58 bits per heavy atom. The van der Waals surface area contributed by atoms with Crippen LogP contribution in [-0.2, 0) is 11.3 Å². The maximum Gasteiger partial charge on any atom is 0.302 e. The minimum Gasteiger partial charge on any atom is -0.289 e. The molecule has 5 nitrogen and oxygen atoms in total. The van der Waals surface area contributed by atoms with Gasteiger partial charge in [-0.05, 0) is 0 Å². The molecule has 5 heteroatoms. The van der Waals surface area contributed by atoms with Gasteiger partial charge in [-0.1, -0.05) is 11.6 Å². The van der Waals surface area contributed by atoms with Crippen LogP contribution in [0.4, 0.5) is 5.88 Å². The molecule has 1 amide bonds. The summed E-state index contributed by atoms with van der Waals surface area (Å²) >= 11 is 0. The highest BCUT2D eigenvalue weighted by Crippen LogP contribution is 1.99. The van der Waals surface area contributed by atoms with Crippen molar-refractivity contribution in [3.8, 4) is 0 Å². The van der Waals surface area contributed by atoms with Crippen molar-refractivity contribution in [3.05, 3.63) is 6.20 Å². The number of nitrogens with zero attached hydrogens (tertiary/aromatic N) is 2. The van der Waals surface area contributed by atoms with E-state index in [9.17, 15) is 4.79 Å². The summed E-state index contributed by atoms with van der Waals surface area (Å²) in [5.41, 5.74) is 0. The predicted molar refractivity (Wildman–Crippen MR) is 41.3 cm³/mol. The number of rotatable bonds is 3. The highest BCUT2D eigenvalue weighted by atomic mass is 16.5. The molecule has 0 fully saturated rings. The normalized spacial score (nSPS) is 9.83. The summed E-state index contributed by atoms with van der Waals surface area (Å²) in [7, 11) is 0. The molecule has 12 heavy (non-hydrogen) atoms. The topological polar surface area (TPSA) is 59.0 Å². The molecule has 0 aliphatic carbocycles. The van der Waals surface area contributed by atoms with Gasteiger partial charge < -0.3 is 0 Å². The van der Waals surface area contributed by atoms with Crippen LogP contribution in [0.25, 0.3) is 0 Å². The van der Waals surface area contributed by atoms with Crippen molar-refractivity contribution in [1.29, 1.82) is 0 Å². The van der Waals surface area contributed by atoms with Gasteiger partial charge in [0.15, 0.2) is 6.54 Å². The molecule has 0 radical (unpaired) electrons. The molecule has 66 valence electrons. The molecule has 0 bridgehead atoms. The van der Waals surface area contributed by atoms with Crippen LogP contribution in [-0.4, -0.2) is 11.2 Å². The Bertz CT molecular complexity index is 269. The molecular formula is C7H12N3O2+. The molecule has 1 N–H and O–H groups in total. The highest BCUT2D eigenvalue weighted by molar-refractivity contribution is 5.86. The van der Waals surface area contributed by atoms with Crippen molar-refractivity contribution in [1.82, 2.24) is 5.27 Å². The molecule has 0 aliphatic rings. The molecule has 0 atom stereocenters. The second-order valence-corrected chi connectivity index (χ2v) is 2.51.